The minimum absolute atomic E-state index is 0.259. The second-order valence-electron chi connectivity index (χ2n) is 3.82. The van der Waals surface area contributed by atoms with Crippen molar-refractivity contribution in [3.63, 3.8) is 0 Å². The molecule has 1 atom stereocenters. The van der Waals surface area contributed by atoms with Gasteiger partial charge in [-0.15, -0.1) is 12.3 Å². The highest BCUT2D eigenvalue weighted by Gasteiger charge is 2.30. The number of terminal acetylenes is 1. The molecular weight excluding hydrogens is 227 g/mol. The van der Waals surface area contributed by atoms with Crippen molar-refractivity contribution in [3.8, 4) is 12.3 Å². The van der Waals surface area contributed by atoms with Crippen molar-refractivity contribution in [2.45, 2.75) is 31.5 Å². The molecular formula is C13H14F3N. The maximum Gasteiger partial charge on any atom is 0.416 e. The molecule has 17 heavy (non-hydrogen) atoms. The van der Waals surface area contributed by atoms with Crippen LogP contribution in [0.1, 0.15) is 36.4 Å². The van der Waals surface area contributed by atoms with Gasteiger partial charge in [0, 0.05) is 12.5 Å². The average molecular weight is 241 g/mol. The molecule has 0 aliphatic rings. The Kier molecular flexibility index (Phi) is 4.59. The summed E-state index contributed by atoms with van der Waals surface area (Å²) in [7, 11) is 0. The predicted octanol–water partition coefficient (Wildman–Crippen LogP) is 3.51. The molecule has 92 valence electrons. The summed E-state index contributed by atoms with van der Waals surface area (Å²) in [6.45, 7) is 0. The van der Waals surface area contributed by atoms with Crippen LogP contribution in [0.3, 0.4) is 0 Å². The Bertz CT molecular complexity index is 387. The number of unbranched alkanes of at least 4 members (excludes halogenated alkanes) is 1. The molecule has 0 heterocycles. The van der Waals surface area contributed by atoms with Gasteiger partial charge in [-0.2, -0.15) is 13.2 Å². The van der Waals surface area contributed by atoms with E-state index in [1.165, 1.54) is 12.1 Å². The number of alkyl halides is 3. The normalized spacial score (nSPS) is 13.1. The lowest BCUT2D eigenvalue weighted by Gasteiger charge is -2.12. The zero-order valence-corrected chi connectivity index (χ0v) is 9.30. The number of benzene rings is 1. The Morgan fingerprint density at radius 2 is 1.82 bits per heavy atom. The monoisotopic (exact) mass is 241 g/mol. The van der Waals surface area contributed by atoms with E-state index in [0.29, 0.717) is 18.4 Å². The smallest absolute Gasteiger partial charge is 0.324 e. The molecule has 0 amide bonds. The zero-order chi connectivity index (χ0) is 12.9. The predicted molar refractivity (Wildman–Crippen MR) is 61.1 cm³/mol. The maximum absolute atomic E-state index is 12.3. The summed E-state index contributed by atoms with van der Waals surface area (Å²) in [5.41, 5.74) is 5.89. The summed E-state index contributed by atoms with van der Waals surface area (Å²) in [6.07, 6.45) is 2.89. The van der Waals surface area contributed by atoms with Crippen molar-refractivity contribution >= 4 is 0 Å². The van der Waals surface area contributed by atoms with Crippen LogP contribution in [-0.2, 0) is 6.18 Å². The molecule has 1 aromatic carbocycles. The molecule has 1 unspecified atom stereocenters. The third-order valence-corrected chi connectivity index (χ3v) is 2.50. The van der Waals surface area contributed by atoms with Crippen LogP contribution < -0.4 is 5.73 Å². The minimum atomic E-state index is -4.30. The Labute approximate surface area is 98.8 Å². The zero-order valence-electron chi connectivity index (χ0n) is 9.30. The van der Waals surface area contributed by atoms with E-state index in [2.05, 4.69) is 5.92 Å². The lowest BCUT2D eigenvalue weighted by molar-refractivity contribution is -0.137. The van der Waals surface area contributed by atoms with Crippen molar-refractivity contribution in [2.75, 3.05) is 0 Å². The summed E-state index contributed by atoms with van der Waals surface area (Å²) in [6, 6.07) is 4.69. The number of halogens is 3. The van der Waals surface area contributed by atoms with E-state index in [1.807, 2.05) is 0 Å². The molecule has 0 saturated carbocycles. The van der Waals surface area contributed by atoms with Gasteiger partial charge in [-0.3, -0.25) is 0 Å². The number of nitrogens with two attached hydrogens (primary N) is 1. The fourth-order valence-corrected chi connectivity index (χ4v) is 1.51. The summed E-state index contributed by atoms with van der Waals surface area (Å²) < 4.78 is 36.9. The topological polar surface area (TPSA) is 26.0 Å². The second-order valence-corrected chi connectivity index (χ2v) is 3.82. The average Bonchev–Trinajstić information content (AvgIpc) is 2.28. The molecule has 0 fully saturated rings. The number of hydrogen-bond acceptors (Lipinski definition) is 1. The lowest BCUT2D eigenvalue weighted by atomic mass is 10.0. The van der Waals surface area contributed by atoms with Crippen molar-refractivity contribution in [1.29, 1.82) is 0 Å². The second kappa shape index (κ2) is 5.74. The maximum atomic E-state index is 12.3. The summed E-state index contributed by atoms with van der Waals surface area (Å²) in [5.74, 6) is 2.50. The fourth-order valence-electron chi connectivity index (χ4n) is 1.51. The highest BCUT2D eigenvalue weighted by Crippen LogP contribution is 2.30. The molecule has 0 aliphatic heterocycles. The first-order valence-electron chi connectivity index (χ1n) is 5.31. The Morgan fingerprint density at radius 1 is 1.24 bits per heavy atom. The standard InChI is InChI=1S/C13H14F3N/c1-2-3-4-5-12(17)10-6-8-11(9-7-10)13(14,15)16/h1,6-9,12H,3-5,17H2. The molecule has 0 spiro atoms. The van der Waals surface area contributed by atoms with E-state index < -0.39 is 11.7 Å². The molecule has 0 aliphatic carbocycles. The van der Waals surface area contributed by atoms with Crippen molar-refractivity contribution in [2.24, 2.45) is 5.73 Å². The van der Waals surface area contributed by atoms with Crippen LogP contribution in [0.2, 0.25) is 0 Å². The number of rotatable bonds is 4. The van der Waals surface area contributed by atoms with E-state index in [9.17, 15) is 13.2 Å². The highest BCUT2D eigenvalue weighted by molar-refractivity contribution is 5.26. The van der Waals surface area contributed by atoms with Gasteiger partial charge in [0.05, 0.1) is 5.56 Å². The molecule has 0 aromatic heterocycles. The Balaban J connectivity index is 2.65. The Hall–Kier alpha value is -1.47. The van der Waals surface area contributed by atoms with Gasteiger partial charge in [-0.05, 0) is 30.5 Å². The molecule has 0 radical (unpaired) electrons. The van der Waals surface area contributed by atoms with Crippen LogP contribution in [0.5, 0.6) is 0 Å². The molecule has 1 nitrogen and oxygen atoms in total. The van der Waals surface area contributed by atoms with Gasteiger partial charge in [0.2, 0.25) is 0 Å². The fraction of sp³-hybridized carbons (Fsp3) is 0.385. The summed E-state index contributed by atoms with van der Waals surface area (Å²) in [4.78, 5) is 0. The van der Waals surface area contributed by atoms with E-state index in [4.69, 9.17) is 12.2 Å². The van der Waals surface area contributed by atoms with Gasteiger partial charge in [0.1, 0.15) is 0 Å². The van der Waals surface area contributed by atoms with Gasteiger partial charge in [-0.25, -0.2) is 0 Å². The van der Waals surface area contributed by atoms with Crippen molar-refractivity contribution < 1.29 is 13.2 Å². The molecule has 2 N–H and O–H groups in total. The van der Waals surface area contributed by atoms with Crippen LogP contribution in [-0.4, -0.2) is 0 Å². The first-order chi connectivity index (χ1) is 7.95. The molecule has 0 bridgehead atoms. The van der Waals surface area contributed by atoms with Gasteiger partial charge >= 0.3 is 6.18 Å². The first-order valence-corrected chi connectivity index (χ1v) is 5.31. The third-order valence-electron chi connectivity index (χ3n) is 2.50. The minimum Gasteiger partial charge on any atom is -0.324 e. The van der Waals surface area contributed by atoms with Gasteiger partial charge in [-0.1, -0.05) is 12.1 Å². The largest absolute Gasteiger partial charge is 0.416 e. The van der Waals surface area contributed by atoms with E-state index in [1.54, 1.807) is 0 Å². The van der Waals surface area contributed by atoms with Crippen LogP contribution in [0.25, 0.3) is 0 Å². The van der Waals surface area contributed by atoms with E-state index in [-0.39, 0.29) is 6.04 Å². The van der Waals surface area contributed by atoms with Gasteiger partial charge in [0.25, 0.3) is 0 Å². The third kappa shape index (κ3) is 4.12. The molecule has 1 aromatic rings. The van der Waals surface area contributed by atoms with Gasteiger partial charge < -0.3 is 5.73 Å². The molecule has 0 saturated heterocycles. The van der Waals surface area contributed by atoms with Gasteiger partial charge in [0.15, 0.2) is 0 Å². The summed E-state index contributed by atoms with van der Waals surface area (Å²) >= 11 is 0. The van der Waals surface area contributed by atoms with E-state index in [0.717, 1.165) is 18.6 Å². The lowest BCUT2D eigenvalue weighted by Crippen LogP contribution is -2.11. The van der Waals surface area contributed by atoms with Crippen LogP contribution in [0.4, 0.5) is 13.2 Å². The van der Waals surface area contributed by atoms with Crippen LogP contribution in [0, 0.1) is 12.3 Å². The van der Waals surface area contributed by atoms with Crippen LogP contribution in [0.15, 0.2) is 24.3 Å². The molecule has 4 heteroatoms. The van der Waals surface area contributed by atoms with Crippen molar-refractivity contribution in [3.05, 3.63) is 35.4 Å². The number of hydrogen-bond donors (Lipinski definition) is 1. The SMILES string of the molecule is C#CCCCC(N)c1ccc(C(F)(F)F)cc1. The highest BCUT2D eigenvalue weighted by atomic mass is 19.4. The Morgan fingerprint density at radius 3 is 2.29 bits per heavy atom. The quantitative estimate of drug-likeness (QED) is 0.633. The molecule has 1 rings (SSSR count). The van der Waals surface area contributed by atoms with Crippen LogP contribution >= 0.6 is 0 Å². The summed E-state index contributed by atoms with van der Waals surface area (Å²) in [5, 5.41) is 0. The van der Waals surface area contributed by atoms with Crippen molar-refractivity contribution in [1.82, 2.24) is 0 Å². The first kappa shape index (κ1) is 13.6. The van der Waals surface area contributed by atoms with E-state index >= 15 is 0 Å².